The Bertz CT molecular complexity index is 1060. The largest absolute Gasteiger partial charge is 0.330 e. The van der Waals surface area contributed by atoms with Crippen molar-refractivity contribution in [2.24, 2.45) is 5.92 Å². The van der Waals surface area contributed by atoms with Gasteiger partial charge in [-0.25, -0.2) is 0 Å². The Morgan fingerprint density at radius 1 is 0.750 bits per heavy atom. The highest BCUT2D eigenvalue weighted by molar-refractivity contribution is 7.53. The highest BCUT2D eigenvalue weighted by Crippen LogP contribution is 2.51. The molecule has 0 heterocycles. The standard InChI is InChI=1S/C26H27O5P/c1-30-32(29,31-2)19-24(26(28)22-16-10-5-11-17-22)23(20-12-6-3-7-13-20)18-25(27)21-14-8-4-9-15-21/h3-17,23-24H,18-19H2,1-2H3. The van der Waals surface area contributed by atoms with Gasteiger partial charge in [-0.05, 0) is 5.56 Å². The number of carbonyl (C=O) groups is 2. The summed E-state index contributed by atoms with van der Waals surface area (Å²) in [7, 11) is -0.920. The van der Waals surface area contributed by atoms with Crippen LogP contribution < -0.4 is 0 Å². The van der Waals surface area contributed by atoms with Crippen LogP contribution in [0.5, 0.6) is 0 Å². The van der Waals surface area contributed by atoms with Crippen LogP contribution in [0.15, 0.2) is 91.0 Å². The van der Waals surface area contributed by atoms with E-state index in [1.807, 2.05) is 42.5 Å². The Balaban J connectivity index is 2.06. The number of ketones is 2. The molecule has 2 atom stereocenters. The van der Waals surface area contributed by atoms with E-state index in [2.05, 4.69) is 0 Å². The molecule has 0 aliphatic heterocycles. The summed E-state index contributed by atoms with van der Waals surface area (Å²) in [5.74, 6) is -1.57. The molecule has 0 aromatic heterocycles. The number of hydrogen-bond donors (Lipinski definition) is 0. The molecule has 166 valence electrons. The lowest BCUT2D eigenvalue weighted by molar-refractivity contribution is 0.0883. The highest BCUT2D eigenvalue weighted by Gasteiger charge is 2.38. The summed E-state index contributed by atoms with van der Waals surface area (Å²) >= 11 is 0. The first kappa shape index (κ1) is 23.8. The summed E-state index contributed by atoms with van der Waals surface area (Å²) in [5.41, 5.74) is 1.88. The molecule has 0 amide bonds. The molecule has 0 saturated heterocycles. The molecule has 32 heavy (non-hydrogen) atoms. The number of carbonyl (C=O) groups excluding carboxylic acids is 2. The Morgan fingerprint density at radius 3 is 1.72 bits per heavy atom. The number of hydrogen-bond acceptors (Lipinski definition) is 5. The van der Waals surface area contributed by atoms with Crippen LogP contribution in [0, 0.1) is 5.92 Å². The minimum absolute atomic E-state index is 0.0880. The van der Waals surface area contributed by atoms with Gasteiger partial charge in [0.15, 0.2) is 11.6 Å². The van der Waals surface area contributed by atoms with Gasteiger partial charge in [0.05, 0.1) is 6.16 Å². The summed E-state index contributed by atoms with van der Waals surface area (Å²) in [6, 6.07) is 27.2. The summed E-state index contributed by atoms with van der Waals surface area (Å²) < 4.78 is 23.5. The molecule has 0 saturated carbocycles. The molecule has 6 heteroatoms. The molecule has 0 radical (unpaired) electrons. The predicted molar refractivity (Wildman–Crippen MR) is 125 cm³/mol. The zero-order valence-electron chi connectivity index (χ0n) is 18.2. The molecule has 3 aromatic carbocycles. The van der Waals surface area contributed by atoms with Gasteiger partial charge in [0.2, 0.25) is 0 Å². The van der Waals surface area contributed by atoms with Crippen LogP contribution in [0.1, 0.15) is 38.6 Å². The molecular formula is C26H27O5P. The van der Waals surface area contributed by atoms with E-state index in [1.165, 1.54) is 14.2 Å². The van der Waals surface area contributed by atoms with Crippen LogP contribution in [-0.4, -0.2) is 31.9 Å². The number of rotatable bonds is 11. The van der Waals surface area contributed by atoms with Gasteiger partial charge in [0, 0.05) is 43.6 Å². The van der Waals surface area contributed by atoms with E-state index in [4.69, 9.17) is 9.05 Å². The summed E-state index contributed by atoms with van der Waals surface area (Å²) in [4.78, 5) is 26.8. The molecule has 0 aliphatic rings. The first-order chi connectivity index (χ1) is 15.5. The van der Waals surface area contributed by atoms with Crippen LogP contribution >= 0.6 is 7.60 Å². The quantitative estimate of drug-likeness (QED) is 0.264. The van der Waals surface area contributed by atoms with Crippen molar-refractivity contribution in [1.29, 1.82) is 0 Å². The molecule has 3 rings (SSSR count). The maximum absolute atomic E-state index is 13.6. The predicted octanol–water partition coefficient (Wildman–Crippen LogP) is 6.03. The van der Waals surface area contributed by atoms with Gasteiger partial charge in [-0.1, -0.05) is 91.0 Å². The Morgan fingerprint density at radius 2 is 1.22 bits per heavy atom. The third-order valence-corrected chi connectivity index (χ3v) is 7.54. The normalized spacial score (nSPS) is 13.3. The first-order valence-corrected chi connectivity index (χ1v) is 12.1. The maximum atomic E-state index is 13.6. The molecule has 0 fully saturated rings. The molecule has 2 unspecified atom stereocenters. The Kier molecular flexibility index (Phi) is 8.29. The molecule has 0 N–H and O–H groups in total. The first-order valence-electron chi connectivity index (χ1n) is 10.4. The van der Waals surface area contributed by atoms with Gasteiger partial charge in [0.1, 0.15) is 0 Å². The average molecular weight is 450 g/mol. The van der Waals surface area contributed by atoms with Gasteiger partial charge >= 0.3 is 7.60 Å². The van der Waals surface area contributed by atoms with Crippen molar-refractivity contribution in [3.05, 3.63) is 108 Å². The zero-order chi connectivity index (χ0) is 23.0. The van der Waals surface area contributed by atoms with Crippen molar-refractivity contribution >= 4 is 19.2 Å². The lowest BCUT2D eigenvalue weighted by Gasteiger charge is -2.28. The van der Waals surface area contributed by atoms with E-state index in [0.717, 1.165) is 5.56 Å². The Hall–Kier alpha value is -2.85. The third-order valence-electron chi connectivity index (χ3n) is 5.59. The van der Waals surface area contributed by atoms with Gasteiger partial charge < -0.3 is 9.05 Å². The Labute approximate surface area is 188 Å². The lowest BCUT2D eigenvalue weighted by atomic mass is 9.78. The second kappa shape index (κ2) is 11.1. The minimum Gasteiger partial charge on any atom is -0.312 e. The van der Waals surface area contributed by atoms with Gasteiger partial charge in [0.25, 0.3) is 0 Å². The van der Waals surface area contributed by atoms with E-state index in [-0.39, 0.29) is 24.1 Å². The van der Waals surface area contributed by atoms with Gasteiger partial charge in [-0.3, -0.25) is 14.2 Å². The monoisotopic (exact) mass is 450 g/mol. The maximum Gasteiger partial charge on any atom is 0.330 e. The van der Waals surface area contributed by atoms with Crippen molar-refractivity contribution in [2.75, 3.05) is 20.4 Å². The van der Waals surface area contributed by atoms with Crippen LogP contribution in [0.4, 0.5) is 0 Å². The summed E-state index contributed by atoms with van der Waals surface area (Å²) in [6.07, 6.45) is -0.0416. The van der Waals surface area contributed by atoms with Crippen molar-refractivity contribution in [3.8, 4) is 0 Å². The molecule has 0 bridgehead atoms. The second-order valence-electron chi connectivity index (χ2n) is 7.51. The van der Waals surface area contributed by atoms with Gasteiger partial charge in [-0.15, -0.1) is 0 Å². The van der Waals surface area contributed by atoms with Crippen LogP contribution in [-0.2, 0) is 13.6 Å². The third kappa shape index (κ3) is 5.89. The topological polar surface area (TPSA) is 69.7 Å². The molecular weight excluding hydrogens is 423 g/mol. The highest BCUT2D eigenvalue weighted by atomic mass is 31.2. The van der Waals surface area contributed by atoms with Crippen molar-refractivity contribution < 1.29 is 23.2 Å². The van der Waals surface area contributed by atoms with E-state index in [1.54, 1.807) is 48.5 Å². The fourth-order valence-electron chi connectivity index (χ4n) is 3.81. The zero-order valence-corrected chi connectivity index (χ0v) is 19.1. The van der Waals surface area contributed by atoms with Crippen molar-refractivity contribution in [1.82, 2.24) is 0 Å². The SMILES string of the molecule is COP(=O)(CC(C(=O)c1ccccc1)C(CC(=O)c1ccccc1)c1ccccc1)OC. The fourth-order valence-corrected chi connectivity index (χ4v) is 5.16. The molecule has 5 nitrogen and oxygen atoms in total. The smallest absolute Gasteiger partial charge is 0.312 e. The van der Waals surface area contributed by atoms with Crippen LogP contribution in [0.3, 0.4) is 0 Å². The molecule has 3 aromatic rings. The van der Waals surface area contributed by atoms with E-state index in [9.17, 15) is 14.2 Å². The molecule has 0 aliphatic carbocycles. The second-order valence-corrected chi connectivity index (χ2v) is 9.82. The van der Waals surface area contributed by atoms with Crippen molar-refractivity contribution in [3.63, 3.8) is 0 Å². The number of Topliss-reactive ketones (excluding diaryl/α,β-unsaturated/α-hetero) is 2. The fraction of sp³-hybridized carbons (Fsp3) is 0.231. The average Bonchev–Trinajstić information content (AvgIpc) is 2.87. The summed E-state index contributed by atoms with van der Waals surface area (Å²) in [5, 5.41) is 0. The van der Waals surface area contributed by atoms with E-state index < -0.39 is 19.4 Å². The van der Waals surface area contributed by atoms with Gasteiger partial charge in [-0.2, -0.15) is 0 Å². The summed E-state index contributed by atoms with van der Waals surface area (Å²) in [6.45, 7) is 0. The van der Waals surface area contributed by atoms with Crippen molar-refractivity contribution in [2.45, 2.75) is 12.3 Å². The van der Waals surface area contributed by atoms with E-state index in [0.29, 0.717) is 11.1 Å². The number of benzene rings is 3. The minimum atomic E-state index is -3.53. The van der Waals surface area contributed by atoms with Crippen LogP contribution in [0.25, 0.3) is 0 Å². The molecule has 0 spiro atoms. The lowest BCUT2D eigenvalue weighted by Crippen LogP contribution is -2.28. The van der Waals surface area contributed by atoms with E-state index >= 15 is 0 Å². The van der Waals surface area contributed by atoms with Crippen LogP contribution in [0.2, 0.25) is 0 Å².